The zero-order chi connectivity index (χ0) is 19.2. The molecule has 27 heavy (non-hydrogen) atoms. The maximum Gasteiger partial charge on any atom is 0.266 e. The molecule has 0 N–H and O–H groups in total. The van der Waals surface area contributed by atoms with Gasteiger partial charge in [-0.25, -0.2) is 4.98 Å². The maximum atomic E-state index is 12.5. The van der Waals surface area contributed by atoms with Crippen molar-refractivity contribution in [2.75, 3.05) is 20.8 Å². The van der Waals surface area contributed by atoms with Crippen LogP contribution in [0.25, 0.3) is 6.08 Å². The van der Waals surface area contributed by atoms with E-state index in [1.54, 1.807) is 20.4 Å². The van der Waals surface area contributed by atoms with Gasteiger partial charge < -0.3 is 9.47 Å². The van der Waals surface area contributed by atoms with Crippen molar-refractivity contribution < 1.29 is 14.3 Å². The lowest BCUT2D eigenvalue weighted by molar-refractivity contribution is -0.121. The summed E-state index contributed by atoms with van der Waals surface area (Å²) >= 11 is 2.77. The number of likely N-dealkylation sites (N-methyl/N-ethyl adjacent to an activating group) is 1. The summed E-state index contributed by atoms with van der Waals surface area (Å²) in [5, 5.41) is 3.11. The molecular formula is C19H21N3O3S2. The molecule has 1 aliphatic heterocycles. The molecule has 142 valence electrons. The van der Waals surface area contributed by atoms with Crippen LogP contribution in [0, 0.1) is 0 Å². The number of carbonyl (C=O) groups is 1. The molecule has 0 radical (unpaired) electrons. The fraction of sp³-hybridized carbons (Fsp3) is 0.316. The lowest BCUT2D eigenvalue weighted by Crippen LogP contribution is -2.23. The Bertz CT molecular complexity index is 863. The number of thiazole rings is 1. The average molecular weight is 404 g/mol. The average Bonchev–Trinajstić information content (AvgIpc) is 3.27. The highest BCUT2D eigenvalue weighted by Crippen LogP contribution is 2.35. The Morgan fingerprint density at radius 1 is 1.33 bits per heavy atom. The highest BCUT2D eigenvalue weighted by molar-refractivity contribution is 8.18. The van der Waals surface area contributed by atoms with Gasteiger partial charge in [-0.2, -0.15) is 4.99 Å². The van der Waals surface area contributed by atoms with Crippen LogP contribution < -0.4 is 9.47 Å². The van der Waals surface area contributed by atoms with Crippen molar-refractivity contribution in [1.29, 1.82) is 0 Å². The third-order valence-electron chi connectivity index (χ3n) is 3.86. The van der Waals surface area contributed by atoms with Crippen LogP contribution in [-0.4, -0.2) is 41.7 Å². The Morgan fingerprint density at radius 2 is 2.19 bits per heavy atom. The number of hydrogen-bond acceptors (Lipinski definition) is 7. The van der Waals surface area contributed by atoms with Gasteiger partial charge in [0.2, 0.25) is 5.13 Å². The number of rotatable bonds is 7. The number of ether oxygens (including phenoxy) is 2. The van der Waals surface area contributed by atoms with Crippen LogP contribution in [0.4, 0.5) is 5.13 Å². The van der Waals surface area contributed by atoms with Gasteiger partial charge in [-0.3, -0.25) is 9.69 Å². The van der Waals surface area contributed by atoms with Crippen LogP contribution in [0.3, 0.4) is 0 Å². The number of aliphatic imine (C=N–C) groups is 1. The van der Waals surface area contributed by atoms with Gasteiger partial charge >= 0.3 is 0 Å². The van der Waals surface area contributed by atoms with Gasteiger partial charge in [0, 0.05) is 18.6 Å². The Morgan fingerprint density at radius 3 is 2.89 bits per heavy atom. The molecule has 8 heteroatoms. The highest BCUT2D eigenvalue weighted by Gasteiger charge is 2.30. The van der Waals surface area contributed by atoms with Crippen molar-refractivity contribution in [3.8, 4) is 11.5 Å². The molecule has 1 amide bonds. The van der Waals surface area contributed by atoms with E-state index in [2.05, 4.69) is 16.9 Å². The minimum atomic E-state index is -0.0856. The summed E-state index contributed by atoms with van der Waals surface area (Å²) in [7, 11) is 3.33. The van der Waals surface area contributed by atoms with Gasteiger partial charge in [-0.15, -0.1) is 11.3 Å². The smallest absolute Gasteiger partial charge is 0.266 e. The zero-order valence-electron chi connectivity index (χ0n) is 15.5. The number of methoxy groups -OCH3 is 1. The molecule has 2 aromatic rings. The first-order valence-electron chi connectivity index (χ1n) is 8.59. The molecule has 1 aromatic heterocycles. The number of amides is 1. The van der Waals surface area contributed by atoms with E-state index in [-0.39, 0.29) is 5.91 Å². The Hall–Kier alpha value is -2.32. The molecule has 0 aliphatic carbocycles. The summed E-state index contributed by atoms with van der Waals surface area (Å²) in [6.45, 7) is 2.78. The second-order valence-corrected chi connectivity index (χ2v) is 7.68. The molecule has 1 saturated heterocycles. The Kier molecular flexibility index (Phi) is 6.52. The lowest BCUT2D eigenvalue weighted by atomic mass is 10.2. The third kappa shape index (κ3) is 4.70. The predicted molar refractivity (Wildman–Crippen MR) is 111 cm³/mol. The van der Waals surface area contributed by atoms with Crippen LogP contribution in [0.5, 0.6) is 11.5 Å². The quantitative estimate of drug-likeness (QED) is 0.501. The van der Waals surface area contributed by atoms with Crippen molar-refractivity contribution in [2.45, 2.75) is 19.8 Å². The predicted octanol–water partition coefficient (Wildman–Crippen LogP) is 4.56. The van der Waals surface area contributed by atoms with E-state index in [1.807, 2.05) is 29.7 Å². The molecule has 0 atom stereocenters. The fourth-order valence-electron chi connectivity index (χ4n) is 2.38. The maximum absolute atomic E-state index is 12.5. The van der Waals surface area contributed by atoms with E-state index in [0.29, 0.717) is 33.3 Å². The molecule has 1 aliphatic rings. The van der Waals surface area contributed by atoms with Crippen molar-refractivity contribution in [3.05, 3.63) is 40.2 Å². The van der Waals surface area contributed by atoms with Crippen LogP contribution in [-0.2, 0) is 4.79 Å². The second kappa shape index (κ2) is 9.05. The van der Waals surface area contributed by atoms with E-state index in [9.17, 15) is 4.79 Å². The van der Waals surface area contributed by atoms with E-state index >= 15 is 0 Å². The number of aromatic nitrogens is 1. The van der Waals surface area contributed by atoms with Crippen LogP contribution in [0.15, 0.2) is 39.7 Å². The van der Waals surface area contributed by atoms with Crippen LogP contribution >= 0.6 is 23.1 Å². The first-order valence-corrected chi connectivity index (χ1v) is 10.3. The summed E-state index contributed by atoms with van der Waals surface area (Å²) in [6.07, 6.45) is 5.60. The zero-order valence-corrected chi connectivity index (χ0v) is 17.1. The minimum Gasteiger partial charge on any atom is -0.493 e. The number of hydrogen-bond donors (Lipinski definition) is 0. The van der Waals surface area contributed by atoms with E-state index in [0.717, 1.165) is 18.4 Å². The number of amidine groups is 1. The number of unbranched alkanes of at least 4 members (excludes halogenated alkanes) is 1. The van der Waals surface area contributed by atoms with Crippen molar-refractivity contribution >= 4 is 45.4 Å². The topological polar surface area (TPSA) is 64.0 Å². The molecule has 2 heterocycles. The summed E-state index contributed by atoms with van der Waals surface area (Å²) < 4.78 is 11.2. The number of thioether (sulfide) groups is 1. The minimum absolute atomic E-state index is 0.0856. The third-order valence-corrected chi connectivity index (χ3v) is 5.58. The van der Waals surface area contributed by atoms with E-state index in [4.69, 9.17) is 9.47 Å². The van der Waals surface area contributed by atoms with E-state index < -0.39 is 0 Å². The normalized spacial score (nSPS) is 17.1. The second-order valence-electron chi connectivity index (χ2n) is 5.80. The monoisotopic (exact) mass is 403 g/mol. The van der Waals surface area contributed by atoms with Gasteiger partial charge in [0.1, 0.15) is 0 Å². The number of nitrogens with zero attached hydrogens (tertiary/aromatic N) is 3. The highest BCUT2D eigenvalue weighted by atomic mass is 32.2. The van der Waals surface area contributed by atoms with Gasteiger partial charge in [-0.05, 0) is 42.0 Å². The van der Waals surface area contributed by atoms with Crippen molar-refractivity contribution in [1.82, 2.24) is 9.88 Å². The van der Waals surface area contributed by atoms with Crippen LogP contribution in [0.1, 0.15) is 25.3 Å². The molecule has 0 saturated carbocycles. The molecule has 3 rings (SSSR count). The molecule has 0 unspecified atom stereocenters. The summed E-state index contributed by atoms with van der Waals surface area (Å²) in [5.74, 6) is 1.28. The van der Waals surface area contributed by atoms with Crippen molar-refractivity contribution in [2.24, 2.45) is 4.99 Å². The molecule has 1 aromatic carbocycles. The lowest BCUT2D eigenvalue weighted by Gasteiger charge is -2.11. The summed E-state index contributed by atoms with van der Waals surface area (Å²) in [5.41, 5.74) is 0.870. The number of carbonyl (C=O) groups excluding carboxylic acids is 1. The number of benzene rings is 1. The summed E-state index contributed by atoms with van der Waals surface area (Å²) in [6, 6.07) is 5.66. The molecular weight excluding hydrogens is 382 g/mol. The first-order chi connectivity index (χ1) is 13.1. The SMILES string of the molecule is CCCCOc1ccc(/C=C2\S/C(=N/c3nccs3)N(C)C2=O)cc1OC. The molecule has 1 fully saturated rings. The Labute approximate surface area is 166 Å². The van der Waals surface area contributed by atoms with E-state index in [1.165, 1.54) is 28.0 Å². The van der Waals surface area contributed by atoms with Crippen LogP contribution in [0.2, 0.25) is 0 Å². The van der Waals surface area contributed by atoms with Gasteiger partial charge in [0.15, 0.2) is 16.7 Å². The van der Waals surface area contributed by atoms with Gasteiger partial charge in [-0.1, -0.05) is 19.4 Å². The van der Waals surface area contributed by atoms with Crippen molar-refractivity contribution in [3.63, 3.8) is 0 Å². The first kappa shape index (κ1) is 19.4. The molecule has 0 spiro atoms. The fourth-order valence-corrected chi connectivity index (χ4v) is 3.91. The van der Waals surface area contributed by atoms with Gasteiger partial charge in [0.25, 0.3) is 5.91 Å². The Balaban J connectivity index is 1.80. The largest absolute Gasteiger partial charge is 0.493 e. The summed E-state index contributed by atoms with van der Waals surface area (Å²) in [4.78, 5) is 23.3. The standard InChI is InChI=1S/C19H21N3O3S2/c1-4-5-9-25-14-7-6-13(11-15(14)24-3)12-16-17(23)22(2)19(27-16)21-18-20-8-10-26-18/h6-8,10-12H,4-5,9H2,1-3H3/b16-12-,21-19+. The molecule has 6 nitrogen and oxygen atoms in total. The van der Waals surface area contributed by atoms with Gasteiger partial charge in [0.05, 0.1) is 18.6 Å². The molecule has 0 bridgehead atoms.